The van der Waals surface area contributed by atoms with Gasteiger partial charge in [0, 0.05) is 83.3 Å². The van der Waals surface area contributed by atoms with Gasteiger partial charge < -0.3 is 29.1 Å². The highest BCUT2D eigenvalue weighted by atomic mass is 19.1. The van der Waals surface area contributed by atoms with Crippen LogP contribution in [0.2, 0.25) is 0 Å². The van der Waals surface area contributed by atoms with Crippen molar-refractivity contribution < 1.29 is 32.2 Å². The molecule has 18 heteroatoms. The van der Waals surface area contributed by atoms with Gasteiger partial charge in [-0.05, 0) is 44.5 Å². The monoisotopic (exact) mass is 955 g/mol. The summed E-state index contributed by atoms with van der Waals surface area (Å²) in [5.74, 6) is -0.561. The lowest BCUT2D eigenvalue weighted by atomic mass is 10.1. The first kappa shape index (κ1) is 54.4. The van der Waals surface area contributed by atoms with E-state index >= 15 is 0 Å². The van der Waals surface area contributed by atoms with Gasteiger partial charge in [-0.1, -0.05) is 77.1 Å². The highest BCUT2D eigenvalue weighted by Gasteiger charge is 2.29. The largest absolute Gasteiger partial charge is 0.492 e. The molecule has 3 aromatic heterocycles. The first-order chi connectivity index (χ1) is 33.3. The van der Waals surface area contributed by atoms with Crippen molar-refractivity contribution in [3.8, 4) is 11.5 Å². The summed E-state index contributed by atoms with van der Waals surface area (Å²) in [7, 11) is 4.49. The number of amides is 2. The molecular weight excluding hydrogens is 892 g/mol. The van der Waals surface area contributed by atoms with Gasteiger partial charge in [-0.2, -0.15) is 10.2 Å². The Morgan fingerprint density at radius 3 is 1.52 bits per heavy atom. The molecule has 370 valence electrons. The minimum atomic E-state index is -0.524. The molecule has 2 aliphatic rings. The van der Waals surface area contributed by atoms with Gasteiger partial charge in [-0.15, -0.1) is 0 Å². The van der Waals surface area contributed by atoms with Crippen LogP contribution >= 0.6 is 0 Å². The average molecular weight is 956 g/mol. The number of methoxy groups -OCH3 is 1. The molecule has 69 heavy (non-hydrogen) atoms. The van der Waals surface area contributed by atoms with E-state index in [1.54, 1.807) is 91.5 Å². The van der Waals surface area contributed by atoms with Crippen LogP contribution < -0.4 is 30.4 Å². The van der Waals surface area contributed by atoms with Gasteiger partial charge in [-0.25, -0.2) is 22.5 Å². The second-order valence-corrected chi connectivity index (χ2v) is 15.0. The predicted octanol–water partition coefficient (Wildman–Crippen LogP) is 8.19. The van der Waals surface area contributed by atoms with E-state index in [9.17, 15) is 32.3 Å². The summed E-state index contributed by atoms with van der Waals surface area (Å²) < 4.78 is 52.6. The van der Waals surface area contributed by atoms with Crippen LogP contribution in [0.4, 0.5) is 24.5 Å². The van der Waals surface area contributed by atoms with Crippen LogP contribution in [0, 0.1) is 11.6 Å². The summed E-state index contributed by atoms with van der Waals surface area (Å²) in [5, 5.41) is 10.5. The Morgan fingerprint density at radius 1 is 0.667 bits per heavy atom. The van der Waals surface area contributed by atoms with Crippen molar-refractivity contribution in [2.75, 3.05) is 75.9 Å². The Balaban J connectivity index is 0.000000253. The molecule has 0 unspecified atom stereocenters. The van der Waals surface area contributed by atoms with Crippen LogP contribution in [0.25, 0.3) is 21.5 Å². The number of aryl methyl sites for hydroxylation is 2. The molecule has 0 bridgehead atoms. The molecule has 0 saturated carbocycles. The fourth-order valence-electron chi connectivity index (χ4n) is 7.58. The van der Waals surface area contributed by atoms with Gasteiger partial charge in [0.1, 0.15) is 17.3 Å². The van der Waals surface area contributed by atoms with E-state index in [1.165, 1.54) is 41.7 Å². The van der Waals surface area contributed by atoms with Gasteiger partial charge >= 0.3 is 0 Å². The summed E-state index contributed by atoms with van der Waals surface area (Å²) in [6, 6.07) is 18.4. The number of nitrogens with zero attached hydrogens (tertiary/aromatic N) is 9. The maximum absolute atomic E-state index is 13.9. The number of benzene rings is 3. The standard InChI is InChI=1S/C22H23FN4O3.C20H20FN5O3.C5H9F.2C2H6/c1-3-30-19-9-8-15(23)14-18(19)26-10-12-27(13-11-26)22(29)20-16-6-4-5-7-17(16)21(28)25(2)24-20;1-24-19(27)14-6-4-3-5-13(14)17(23-24)20(28)26-9-7-25(8-10-26)16-12-22-11-15(21)18(16)29-2;1-3-5(6)4-2;2*1-2/h4-9,14H,3,10-13H2,1-2H3;3-6,11-12H,7-10H2,1-2H3;3H,4H2,1-2H3;2*1-2H3/b;;5-3+;;. The molecule has 2 fully saturated rings. The molecule has 0 aliphatic carbocycles. The van der Waals surface area contributed by atoms with Crippen LogP contribution in [0.3, 0.4) is 0 Å². The predicted molar refractivity (Wildman–Crippen MR) is 266 cm³/mol. The van der Waals surface area contributed by atoms with Crippen molar-refractivity contribution in [1.82, 2.24) is 34.3 Å². The summed E-state index contributed by atoms with van der Waals surface area (Å²) in [5.41, 5.74) is 1.29. The van der Waals surface area contributed by atoms with Crippen LogP contribution in [0.15, 0.2) is 101 Å². The van der Waals surface area contributed by atoms with Crippen molar-refractivity contribution in [3.63, 3.8) is 0 Å². The molecule has 15 nitrogen and oxygen atoms in total. The van der Waals surface area contributed by atoms with E-state index in [4.69, 9.17) is 9.47 Å². The van der Waals surface area contributed by atoms with E-state index in [0.717, 1.165) is 6.20 Å². The number of ether oxygens (including phenoxy) is 2. The minimum Gasteiger partial charge on any atom is -0.492 e. The zero-order valence-corrected chi connectivity index (χ0v) is 41.3. The Labute approximate surface area is 401 Å². The number of pyridine rings is 1. The third kappa shape index (κ3) is 13.1. The molecule has 0 atom stereocenters. The molecule has 3 aromatic carbocycles. The number of carbonyl (C=O) groups is 2. The lowest BCUT2D eigenvalue weighted by molar-refractivity contribution is 0.0733. The quantitative estimate of drug-likeness (QED) is 0.145. The summed E-state index contributed by atoms with van der Waals surface area (Å²) >= 11 is 0. The zero-order valence-electron chi connectivity index (χ0n) is 41.3. The first-order valence-corrected chi connectivity index (χ1v) is 23.2. The zero-order chi connectivity index (χ0) is 50.8. The van der Waals surface area contributed by atoms with E-state index in [-0.39, 0.29) is 51.7 Å². The number of allylic oxidation sites excluding steroid dienone is 2. The van der Waals surface area contributed by atoms with E-state index in [2.05, 4.69) is 15.2 Å². The number of carbonyl (C=O) groups excluding carboxylic acids is 2. The third-order valence-electron chi connectivity index (χ3n) is 11.0. The van der Waals surface area contributed by atoms with Gasteiger partial charge in [0.05, 0.1) is 48.4 Å². The number of halogens is 3. The van der Waals surface area contributed by atoms with Crippen molar-refractivity contribution in [1.29, 1.82) is 0 Å². The van der Waals surface area contributed by atoms with Crippen LogP contribution in [-0.4, -0.2) is 112 Å². The molecule has 2 saturated heterocycles. The topological polar surface area (TPSA) is 148 Å². The summed E-state index contributed by atoms with van der Waals surface area (Å²) in [6.07, 6.45) is 4.66. The molecule has 2 amide bonds. The summed E-state index contributed by atoms with van der Waals surface area (Å²) in [6.45, 7) is 17.7. The van der Waals surface area contributed by atoms with Crippen molar-refractivity contribution in [2.45, 2.75) is 54.9 Å². The van der Waals surface area contributed by atoms with Gasteiger partial charge in [0.2, 0.25) is 0 Å². The van der Waals surface area contributed by atoms with Crippen LogP contribution in [0.1, 0.15) is 75.9 Å². The highest BCUT2D eigenvalue weighted by molar-refractivity contribution is 6.05. The molecule has 0 N–H and O–H groups in total. The van der Waals surface area contributed by atoms with Gasteiger partial charge in [0.15, 0.2) is 23.0 Å². The SMILES string of the molecule is C/C=C(/F)CC.CC.CC.CCOc1ccc(F)cc1N1CCN(C(=O)c2nn(C)c(=O)c3ccccc23)CC1.COc1c(F)cncc1N1CCN(C(=O)c2nn(C)c(=O)c3ccccc23)CC1. The van der Waals surface area contributed by atoms with Crippen molar-refractivity contribution in [3.05, 3.63) is 135 Å². The lowest BCUT2D eigenvalue weighted by Gasteiger charge is -2.36. The Morgan fingerprint density at radius 2 is 1.12 bits per heavy atom. The second-order valence-electron chi connectivity index (χ2n) is 15.0. The average Bonchev–Trinajstić information content (AvgIpc) is 3.40. The second kappa shape index (κ2) is 26.3. The highest BCUT2D eigenvalue weighted by Crippen LogP contribution is 2.32. The maximum atomic E-state index is 13.9. The fourth-order valence-corrected chi connectivity index (χ4v) is 7.58. The Hall–Kier alpha value is -7.24. The molecule has 2 aliphatic heterocycles. The first-order valence-electron chi connectivity index (χ1n) is 23.2. The minimum absolute atomic E-state index is 0.0324. The molecule has 0 radical (unpaired) electrons. The normalized spacial score (nSPS) is 13.4. The Bertz CT molecular complexity index is 2820. The maximum Gasteiger partial charge on any atom is 0.275 e. The molecule has 5 heterocycles. The number of hydrogen-bond acceptors (Lipinski definition) is 11. The molecule has 0 spiro atoms. The lowest BCUT2D eigenvalue weighted by Crippen LogP contribution is -2.49. The van der Waals surface area contributed by atoms with Crippen molar-refractivity contribution in [2.24, 2.45) is 14.1 Å². The number of hydrogen-bond donors (Lipinski definition) is 0. The van der Waals surface area contributed by atoms with E-state index < -0.39 is 5.82 Å². The number of rotatable bonds is 8. The number of piperazine rings is 2. The van der Waals surface area contributed by atoms with E-state index in [0.29, 0.717) is 104 Å². The number of anilines is 2. The molecular formula is C51H64F3N9O6. The molecule has 8 rings (SSSR count). The van der Waals surface area contributed by atoms with Gasteiger partial charge in [-0.3, -0.25) is 24.2 Å². The smallest absolute Gasteiger partial charge is 0.275 e. The van der Waals surface area contributed by atoms with E-state index in [1.807, 2.05) is 44.4 Å². The molecule has 6 aromatic rings. The number of fused-ring (bicyclic) bond motifs is 2. The fraction of sp³-hybridized carbons (Fsp3) is 0.392. The van der Waals surface area contributed by atoms with Crippen LogP contribution in [-0.2, 0) is 14.1 Å². The Kier molecular flexibility index (Phi) is 20.8. The number of aromatic nitrogens is 5. The third-order valence-corrected chi connectivity index (χ3v) is 11.0. The summed E-state index contributed by atoms with van der Waals surface area (Å²) in [4.78, 5) is 62.2. The van der Waals surface area contributed by atoms with Gasteiger partial charge in [0.25, 0.3) is 22.9 Å². The van der Waals surface area contributed by atoms with Crippen LogP contribution in [0.5, 0.6) is 11.5 Å². The van der Waals surface area contributed by atoms with Crippen molar-refractivity contribution >= 4 is 44.7 Å².